The van der Waals surface area contributed by atoms with Gasteiger partial charge in [0.1, 0.15) is 0 Å². The fraction of sp³-hybridized carbons (Fsp3) is 0.133. The van der Waals surface area contributed by atoms with Crippen molar-refractivity contribution >= 4 is 42.6 Å². The highest BCUT2D eigenvalue weighted by Crippen LogP contribution is 2.28. The van der Waals surface area contributed by atoms with Crippen molar-refractivity contribution in [3.05, 3.63) is 58.1 Å². The molecule has 1 heterocycles. The smallest absolute Gasteiger partial charge is 0.184 e. The monoisotopic (exact) mass is 332 g/mol. The molecule has 2 nitrogen and oxygen atoms in total. The normalized spacial score (nSPS) is 10.8. The zero-order chi connectivity index (χ0) is 13.2. The van der Waals surface area contributed by atoms with Gasteiger partial charge in [-0.1, -0.05) is 57.6 Å². The molecule has 3 aromatic rings. The molecular formula is C15H13BrN2S. The van der Waals surface area contributed by atoms with Gasteiger partial charge in [0.15, 0.2) is 5.13 Å². The first kappa shape index (κ1) is 12.6. The fourth-order valence-electron chi connectivity index (χ4n) is 1.97. The predicted octanol–water partition coefficient (Wildman–Crippen LogP) is 4.98. The third kappa shape index (κ3) is 2.65. The van der Waals surface area contributed by atoms with Gasteiger partial charge < -0.3 is 5.32 Å². The SMILES string of the molecule is Cc1cccc2sc(NCc3ccccc3Br)nc12. The molecule has 0 saturated carbocycles. The molecule has 0 aliphatic rings. The fourth-order valence-corrected chi connectivity index (χ4v) is 3.34. The Morgan fingerprint density at radius 2 is 2.00 bits per heavy atom. The summed E-state index contributed by atoms with van der Waals surface area (Å²) in [5.74, 6) is 0. The van der Waals surface area contributed by atoms with Gasteiger partial charge >= 0.3 is 0 Å². The summed E-state index contributed by atoms with van der Waals surface area (Å²) in [6.45, 7) is 2.87. The van der Waals surface area contributed by atoms with Gasteiger partial charge in [-0.25, -0.2) is 4.98 Å². The Morgan fingerprint density at radius 3 is 2.79 bits per heavy atom. The van der Waals surface area contributed by atoms with E-state index >= 15 is 0 Å². The highest BCUT2D eigenvalue weighted by molar-refractivity contribution is 9.10. The van der Waals surface area contributed by atoms with Gasteiger partial charge in [-0.2, -0.15) is 0 Å². The van der Waals surface area contributed by atoms with Crippen LogP contribution in [0.3, 0.4) is 0 Å². The third-order valence-corrected chi connectivity index (χ3v) is 4.76. The van der Waals surface area contributed by atoms with Crippen LogP contribution in [0, 0.1) is 6.92 Å². The highest BCUT2D eigenvalue weighted by Gasteiger charge is 2.06. The Kier molecular flexibility index (Phi) is 3.53. The van der Waals surface area contributed by atoms with E-state index in [4.69, 9.17) is 0 Å². The molecule has 1 aromatic heterocycles. The minimum Gasteiger partial charge on any atom is -0.357 e. The maximum Gasteiger partial charge on any atom is 0.184 e. The molecule has 0 bridgehead atoms. The average Bonchev–Trinajstić information content (AvgIpc) is 2.82. The predicted molar refractivity (Wildman–Crippen MR) is 85.8 cm³/mol. The van der Waals surface area contributed by atoms with Crippen LogP contribution < -0.4 is 5.32 Å². The summed E-state index contributed by atoms with van der Waals surface area (Å²) >= 11 is 5.26. The second-order valence-corrected chi connectivity index (χ2v) is 6.27. The van der Waals surface area contributed by atoms with Crippen LogP contribution in [0.4, 0.5) is 5.13 Å². The standard InChI is InChI=1S/C15H13BrN2S/c1-10-5-4-8-13-14(10)18-15(19-13)17-9-11-6-2-3-7-12(11)16/h2-8H,9H2,1H3,(H,17,18). The van der Waals surface area contributed by atoms with Crippen molar-refractivity contribution in [2.24, 2.45) is 0 Å². The molecule has 0 amide bonds. The molecule has 3 rings (SSSR count). The second-order valence-electron chi connectivity index (χ2n) is 4.39. The number of halogens is 1. The molecule has 1 N–H and O–H groups in total. The van der Waals surface area contributed by atoms with E-state index in [9.17, 15) is 0 Å². The number of rotatable bonds is 3. The number of aromatic nitrogens is 1. The second kappa shape index (κ2) is 5.31. The maximum absolute atomic E-state index is 4.65. The molecule has 19 heavy (non-hydrogen) atoms. The van der Waals surface area contributed by atoms with Crippen molar-refractivity contribution in [2.45, 2.75) is 13.5 Å². The van der Waals surface area contributed by atoms with E-state index in [1.54, 1.807) is 11.3 Å². The Labute approximate surface area is 124 Å². The van der Waals surface area contributed by atoms with E-state index in [1.165, 1.54) is 15.8 Å². The number of thiazole rings is 1. The Morgan fingerprint density at radius 1 is 1.16 bits per heavy atom. The summed E-state index contributed by atoms with van der Waals surface area (Å²) in [7, 11) is 0. The molecule has 0 fully saturated rings. The quantitative estimate of drug-likeness (QED) is 0.731. The van der Waals surface area contributed by atoms with Gasteiger partial charge in [-0.3, -0.25) is 0 Å². The summed E-state index contributed by atoms with van der Waals surface area (Å²) in [6.07, 6.45) is 0. The van der Waals surface area contributed by atoms with E-state index in [2.05, 4.69) is 63.5 Å². The van der Waals surface area contributed by atoms with E-state index < -0.39 is 0 Å². The maximum atomic E-state index is 4.65. The molecule has 0 aliphatic carbocycles. The third-order valence-electron chi connectivity index (χ3n) is 3.01. The lowest BCUT2D eigenvalue weighted by atomic mass is 10.2. The van der Waals surface area contributed by atoms with Crippen LogP contribution in [-0.2, 0) is 6.54 Å². The van der Waals surface area contributed by atoms with Gasteiger partial charge in [0.2, 0.25) is 0 Å². The first-order valence-electron chi connectivity index (χ1n) is 6.07. The molecular weight excluding hydrogens is 320 g/mol. The Hall–Kier alpha value is -1.39. The van der Waals surface area contributed by atoms with Crippen LogP contribution in [0.15, 0.2) is 46.9 Å². The van der Waals surface area contributed by atoms with Gasteiger partial charge in [0, 0.05) is 11.0 Å². The van der Waals surface area contributed by atoms with Crippen LogP contribution in [0.1, 0.15) is 11.1 Å². The molecule has 0 saturated heterocycles. The number of nitrogens with one attached hydrogen (secondary N) is 1. The van der Waals surface area contributed by atoms with E-state index in [0.29, 0.717) is 0 Å². The summed E-state index contributed by atoms with van der Waals surface area (Å²) in [5, 5.41) is 4.37. The van der Waals surface area contributed by atoms with Crippen LogP contribution in [0.5, 0.6) is 0 Å². The molecule has 96 valence electrons. The van der Waals surface area contributed by atoms with E-state index in [0.717, 1.165) is 21.7 Å². The lowest BCUT2D eigenvalue weighted by Gasteiger charge is -2.04. The van der Waals surface area contributed by atoms with E-state index in [1.807, 2.05) is 12.1 Å². The van der Waals surface area contributed by atoms with E-state index in [-0.39, 0.29) is 0 Å². The number of nitrogens with zero attached hydrogens (tertiary/aromatic N) is 1. The van der Waals surface area contributed by atoms with Crippen LogP contribution in [0.25, 0.3) is 10.2 Å². The number of benzene rings is 2. The first-order valence-corrected chi connectivity index (χ1v) is 7.68. The number of anilines is 1. The van der Waals surface area contributed by atoms with Crippen LogP contribution in [0.2, 0.25) is 0 Å². The van der Waals surface area contributed by atoms with Crippen LogP contribution in [-0.4, -0.2) is 4.98 Å². The summed E-state index contributed by atoms with van der Waals surface area (Å²) in [5.41, 5.74) is 3.56. The van der Waals surface area contributed by atoms with Crippen molar-refractivity contribution < 1.29 is 0 Å². The van der Waals surface area contributed by atoms with Crippen LogP contribution >= 0.6 is 27.3 Å². The average molecular weight is 333 g/mol. The molecule has 0 spiro atoms. The topological polar surface area (TPSA) is 24.9 Å². The van der Waals surface area contributed by atoms with Crippen molar-refractivity contribution in [3.63, 3.8) is 0 Å². The summed E-state index contributed by atoms with van der Waals surface area (Å²) in [4.78, 5) is 4.65. The number of para-hydroxylation sites is 1. The summed E-state index contributed by atoms with van der Waals surface area (Å²) < 4.78 is 2.36. The van der Waals surface area contributed by atoms with Gasteiger partial charge in [0.05, 0.1) is 10.2 Å². The highest BCUT2D eigenvalue weighted by atomic mass is 79.9. The van der Waals surface area contributed by atoms with Crippen molar-refractivity contribution in [2.75, 3.05) is 5.32 Å². The Balaban J connectivity index is 1.83. The molecule has 0 unspecified atom stereocenters. The molecule has 0 aliphatic heterocycles. The Bertz CT molecular complexity index is 721. The minimum atomic E-state index is 0.778. The lowest BCUT2D eigenvalue weighted by Crippen LogP contribution is -1.99. The first-order chi connectivity index (χ1) is 9.24. The largest absolute Gasteiger partial charge is 0.357 e. The molecule has 0 radical (unpaired) electrons. The number of hydrogen-bond donors (Lipinski definition) is 1. The zero-order valence-corrected chi connectivity index (χ0v) is 12.9. The zero-order valence-electron chi connectivity index (χ0n) is 10.5. The number of hydrogen-bond acceptors (Lipinski definition) is 3. The van der Waals surface area contributed by atoms with Crippen molar-refractivity contribution in [1.82, 2.24) is 4.98 Å². The summed E-state index contributed by atoms with van der Waals surface area (Å²) in [6, 6.07) is 14.5. The van der Waals surface area contributed by atoms with Crippen molar-refractivity contribution in [1.29, 1.82) is 0 Å². The minimum absolute atomic E-state index is 0.778. The molecule has 4 heteroatoms. The van der Waals surface area contributed by atoms with Crippen molar-refractivity contribution in [3.8, 4) is 0 Å². The molecule has 2 aromatic carbocycles. The molecule has 0 atom stereocenters. The number of fused-ring (bicyclic) bond motifs is 1. The lowest BCUT2D eigenvalue weighted by molar-refractivity contribution is 1.13. The number of aryl methyl sites for hydroxylation is 1. The van der Waals surface area contributed by atoms with Gasteiger partial charge in [-0.05, 0) is 30.2 Å². The van der Waals surface area contributed by atoms with Gasteiger partial charge in [0.25, 0.3) is 0 Å². The van der Waals surface area contributed by atoms with Gasteiger partial charge in [-0.15, -0.1) is 0 Å².